The number of aryl methyl sites for hydroxylation is 2. The van der Waals surface area contributed by atoms with Crippen LogP contribution in [0.15, 0.2) is 8.94 Å². The lowest BCUT2D eigenvalue weighted by atomic mass is 10.3. The Morgan fingerprint density at radius 2 is 2.00 bits per heavy atom. The lowest BCUT2D eigenvalue weighted by Crippen LogP contribution is -2.26. The molecule has 98 valence electrons. The van der Waals surface area contributed by atoms with Gasteiger partial charge in [0.1, 0.15) is 0 Å². The van der Waals surface area contributed by atoms with Crippen molar-refractivity contribution in [3.05, 3.63) is 17.4 Å². The summed E-state index contributed by atoms with van der Waals surface area (Å²) in [6, 6.07) is -0.290. The third-order valence-corrected chi connectivity index (χ3v) is 2.43. The van der Waals surface area contributed by atoms with Gasteiger partial charge in [-0.1, -0.05) is 5.16 Å². The molecule has 0 aliphatic carbocycles. The first-order valence-electron chi connectivity index (χ1n) is 5.65. The second kappa shape index (κ2) is 4.87. The van der Waals surface area contributed by atoms with Crippen molar-refractivity contribution in [3.63, 3.8) is 0 Å². The molecule has 0 saturated heterocycles. The summed E-state index contributed by atoms with van der Waals surface area (Å²) >= 11 is 0. The Labute approximate surface area is 105 Å². The summed E-state index contributed by atoms with van der Waals surface area (Å²) in [5.74, 6) is 1.85. The quantitative estimate of drug-likeness (QED) is 0.862. The lowest BCUT2D eigenvalue weighted by Gasteiger charge is -2.12. The number of hydrogen-bond acceptors (Lipinski definition) is 7. The van der Waals surface area contributed by atoms with Crippen molar-refractivity contribution in [1.29, 1.82) is 0 Å². The Bertz CT molecular complexity index is 531. The molecule has 18 heavy (non-hydrogen) atoms. The Kier molecular flexibility index (Phi) is 3.44. The van der Waals surface area contributed by atoms with Gasteiger partial charge in [-0.15, -0.1) is 0 Å². The second-order valence-electron chi connectivity index (χ2n) is 4.47. The normalized spacial score (nSPS) is 13.2. The Morgan fingerprint density at radius 1 is 1.28 bits per heavy atom. The maximum atomic E-state index is 5.96. The Balaban J connectivity index is 2.22. The van der Waals surface area contributed by atoms with E-state index in [2.05, 4.69) is 15.1 Å². The summed E-state index contributed by atoms with van der Waals surface area (Å²) in [5.41, 5.74) is 6.68. The number of aromatic nitrogens is 3. The molecule has 1 unspecified atom stereocenters. The van der Waals surface area contributed by atoms with E-state index >= 15 is 0 Å². The van der Waals surface area contributed by atoms with Crippen molar-refractivity contribution in [2.24, 2.45) is 5.73 Å². The molecule has 2 aromatic heterocycles. The monoisotopic (exact) mass is 251 g/mol. The average molecular weight is 251 g/mol. The van der Waals surface area contributed by atoms with E-state index in [1.165, 1.54) is 0 Å². The van der Waals surface area contributed by atoms with E-state index in [9.17, 15) is 0 Å². The van der Waals surface area contributed by atoms with Crippen LogP contribution in [0.2, 0.25) is 0 Å². The molecule has 0 aliphatic rings. The molecule has 0 radical (unpaired) electrons. The largest absolute Gasteiger partial charge is 0.436 e. The number of nitrogens with zero attached hydrogens (tertiary/aromatic N) is 4. The Hall–Kier alpha value is -1.73. The molecule has 0 aromatic carbocycles. The molecule has 7 heteroatoms. The van der Waals surface area contributed by atoms with Gasteiger partial charge in [-0.25, -0.2) is 4.98 Å². The number of nitrogens with two attached hydrogens (primary N) is 1. The van der Waals surface area contributed by atoms with Crippen LogP contribution in [-0.4, -0.2) is 40.7 Å². The predicted molar refractivity (Wildman–Crippen MR) is 64.8 cm³/mol. The molecule has 7 nitrogen and oxygen atoms in total. The maximum absolute atomic E-state index is 5.96. The van der Waals surface area contributed by atoms with Crippen LogP contribution in [-0.2, 0) is 0 Å². The fourth-order valence-corrected chi connectivity index (χ4v) is 1.68. The van der Waals surface area contributed by atoms with Crippen molar-refractivity contribution in [2.45, 2.75) is 19.9 Å². The SMILES string of the molecule is Cc1nc(C)c(-c2nc(C(N)CN(C)C)no2)o1. The number of likely N-dealkylation sites (N-methyl/N-ethyl adjacent to an activating group) is 1. The molecule has 2 aromatic rings. The van der Waals surface area contributed by atoms with E-state index in [-0.39, 0.29) is 6.04 Å². The van der Waals surface area contributed by atoms with Gasteiger partial charge in [0.15, 0.2) is 11.7 Å². The molecule has 2 N–H and O–H groups in total. The van der Waals surface area contributed by atoms with E-state index in [4.69, 9.17) is 14.7 Å². The van der Waals surface area contributed by atoms with E-state index in [0.717, 1.165) is 5.69 Å². The highest BCUT2D eigenvalue weighted by Crippen LogP contribution is 2.23. The van der Waals surface area contributed by atoms with Crippen molar-refractivity contribution < 1.29 is 8.94 Å². The van der Waals surface area contributed by atoms with Crippen molar-refractivity contribution in [1.82, 2.24) is 20.0 Å². The number of hydrogen-bond donors (Lipinski definition) is 1. The summed E-state index contributed by atoms with van der Waals surface area (Å²) in [7, 11) is 3.87. The fourth-order valence-electron chi connectivity index (χ4n) is 1.68. The third-order valence-electron chi connectivity index (χ3n) is 2.43. The zero-order chi connectivity index (χ0) is 13.3. The molecular weight excluding hydrogens is 234 g/mol. The van der Waals surface area contributed by atoms with Gasteiger partial charge in [-0.05, 0) is 21.0 Å². The van der Waals surface area contributed by atoms with Crippen LogP contribution in [0, 0.1) is 13.8 Å². The van der Waals surface area contributed by atoms with Crippen LogP contribution in [0.1, 0.15) is 23.5 Å². The highest BCUT2D eigenvalue weighted by molar-refractivity contribution is 5.47. The molecule has 0 aliphatic heterocycles. The molecule has 0 spiro atoms. The summed E-state index contributed by atoms with van der Waals surface area (Å²) in [5, 5.41) is 3.87. The standard InChI is InChI=1S/C11H17N5O2/c1-6-9(17-7(2)13-6)11-14-10(15-18-11)8(12)5-16(3)4/h8H,5,12H2,1-4H3. The minimum absolute atomic E-state index is 0.290. The highest BCUT2D eigenvalue weighted by Gasteiger charge is 2.20. The van der Waals surface area contributed by atoms with Crippen molar-refractivity contribution in [3.8, 4) is 11.7 Å². The minimum Gasteiger partial charge on any atom is -0.436 e. The van der Waals surface area contributed by atoms with Gasteiger partial charge < -0.3 is 19.6 Å². The van der Waals surface area contributed by atoms with Crippen molar-refractivity contribution >= 4 is 0 Å². The van der Waals surface area contributed by atoms with Crippen LogP contribution in [0.3, 0.4) is 0 Å². The third kappa shape index (κ3) is 2.57. The van der Waals surface area contributed by atoms with Gasteiger partial charge in [0.2, 0.25) is 5.76 Å². The number of oxazole rings is 1. The van der Waals surface area contributed by atoms with Crippen LogP contribution < -0.4 is 5.73 Å². The summed E-state index contributed by atoms with van der Waals surface area (Å²) in [6.45, 7) is 4.24. The van der Waals surface area contributed by atoms with Gasteiger partial charge in [0, 0.05) is 13.5 Å². The summed E-state index contributed by atoms with van der Waals surface area (Å²) in [4.78, 5) is 10.4. The van der Waals surface area contributed by atoms with Gasteiger partial charge in [-0.3, -0.25) is 0 Å². The van der Waals surface area contributed by atoms with E-state index in [1.54, 1.807) is 6.92 Å². The topological polar surface area (TPSA) is 94.2 Å². The highest BCUT2D eigenvalue weighted by atomic mass is 16.5. The second-order valence-corrected chi connectivity index (χ2v) is 4.47. The van der Waals surface area contributed by atoms with Crippen molar-refractivity contribution in [2.75, 3.05) is 20.6 Å². The number of rotatable bonds is 4. The minimum atomic E-state index is -0.290. The first kappa shape index (κ1) is 12.7. The molecule has 0 bridgehead atoms. The maximum Gasteiger partial charge on any atom is 0.295 e. The van der Waals surface area contributed by atoms with Crippen LogP contribution in [0.5, 0.6) is 0 Å². The molecule has 2 heterocycles. The van der Waals surface area contributed by atoms with Crippen LogP contribution in [0.4, 0.5) is 0 Å². The summed E-state index contributed by atoms with van der Waals surface area (Å²) < 4.78 is 10.6. The van der Waals surface area contributed by atoms with Gasteiger partial charge in [0.05, 0.1) is 11.7 Å². The van der Waals surface area contributed by atoms with E-state index < -0.39 is 0 Å². The molecule has 0 saturated carbocycles. The predicted octanol–water partition coefficient (Wildman–Crippen LogP) is 0.903. The molecular formula is C11H17N5O2. The first-order valence-corrected chi connectivity index (χ1v) is 5.65. The molecule has 0 amide bonds. The molecule has 2 rings (SSSR count). The van der Waals surface area contributed by atoms with E-state index in [0.29, 0.717) is 29.9 Å². The summed E-state index contributed by atoms with van der Waals surface area (Å²) in [6.07, 6.45) is 0. The zero-order valence-electron chi connectivity index (χ0n) is 11.0. The van der Waals surface area contributed by atoms with Crippen LogP contribution in [0.25, 0.3) is 11.7 Å². The van der Waals surface area contributed by atoms with Gasteiger partial charge in [0.25, 0.3) is 5.89 Å². The lowest BCUT2D eigenvalue weighted by molar-refractivity contribution is 0.355. The zero-order valence-corrected chi connectivity index (χ0v) is 11.0. The molecule has 1 atom stereocenters. The van der Waals surface area contributed by atoms with Crippen LogP contribution >= 0.6 is 0 Å². The Morgan fingerprint density at radius 3 is 2.56 bits per heavy atom. The smallest absolute Gasteiger partial charge is 0.295 e. The molecule has 0 fully saturated rings. The van der Waals surface area contributed by atoms with E-state index in [1.807, 2.05) is 25.9 Å². The van der Waals surface area contributed by atoms with Gasteiger partial charge >= 0.3 is 0 Å². The average Bonchev–Trinajstić information content (AvgIpc) is 2.83. The van der Waals surface area contributed by atoms with Gasteiger partial charge in [-0.2, -0.15) is 4.98 Å². The fraction of sp³-hybridized carbons (Fsp3) is 0.545. The first-order chi connectivity index (χ1) is 8.47.